The molecule has 0 saturated heterocycles. The molecular weight excluding hydrogens is 582 g/mol. The number of aryl methyl sites for hydroxylation is 1. The molecule has 0 fully saturated rings. The number of nitrogens with one attached hydrogen (secondary N) is 2. The molecule has 3 rings (SSSR count). The first-order valence-corrected chi connectivity index (χ1v) is 9.21. The van der Waals surface area contributed by atoms with Gasteiger partial charge in [-0.3, -0.25) is 14.7 Å². The van der Waals surface area contributed by atoms with E-state index in [0.29, 0.717) is 16.9 Å². The predicted molar refractivity (Wildman–Crippen MR) is 119 cm³/mol. The molecule has 4 N–H and O–H groups in total. The van der Waals surface area contributed by atoms with Crippen LogP contribution < -0.4 is 10.9 Å². The van der Waals surface area contributed by atoms with E-state index in [4.69, 9.17) is 0 Å². The van der Waals surface area contributed by atoms with Crippen LogP contribution in [0.3, 0.4) is 0 Å². The second-order valence-electron chi connectivity index (χ2n) is 6.69. The molecule has 0 aliphatic heterocycles. The van der Waals surface area contributed by atoms with Crippen molar-refractivity contribution >= 4 is 5.78 Å². The zero-order valence-corrected chi connectivity index (χ0v) is 21.0. The summed E-state index contributed by atoms with van der Waals surface area (Å²) >= 11 is 0. The van der Waals surface area contributed by atoms with E-state index in [1.165, 1.54) is 4.68 Å². The second-order valence-corrected chi connectivity index (χ2v) is 6.69. The van der Waals surface area contributed by atoms with Crippen molar-refractivity contribution in [3.63, 3.8) is 0 Å². The van der Waals surface area contributed by atoms with E-state index < -0.39 is 0 Å². The number of hydrogen-bond donors (Lipinski definition) is 2. The number of likely N-dealkylation sites (N-methyl/N-ethyl adjacent to an activating group) is 2. The fourth-order valence-corrected chi connectivity index (χ4v) is 2.64. The Balaban J connectivity index is 0. The van der Waals surface area contributed by atoms with Crippen LogP contribution in [0.25, 0.3) is 11.8 Å². The molecule has 7 nitrogen and oxygen atoms in total. The van der Waals surface area contributed by atoms with Crippen molar-refractivity contribution in [3.05, 3.63) is 94.0 Å². The van der Waals surface area contributed by atoms with Gasteiger partial charge in [-0.25, -0.2) is 4.68 Å². The molecule has 178 valence electrons. The summed E-state index contributed by atoms with van der Waals surface area (Å²) in [4.78, 5) is 27.2. The Kier molecular flexibility index (Phi) is 16.5. The average molecular weight is 612 g/mol. The summed E-state index contributed by atoms with van der Waals surface area (Å²) in [5.41, 5.74) is 1.64. The van der Waals surface area contributed by atoms with Gasteiger partial charge < -0.3 is 16.4 Å². The van der Waals surface area contributed by atoms with Crippen molar-refractivity contribution in [2.45, 2.75) is 6.92 Å². The third-order valence-corrected chi connectivity index (χ3v) is 4.16. The molecule has 0 atom stereocenters. The van der Waals surface area contributed by atoms with E-state index in [1.807, 2.05) is 43.4 Å². The normalized spacial score (nSPS) is 9.45. The Morgan fingerprint density at radius 2 is 1.52 bits per heavy atom. The number of hydrogen-bond acceptors (Lipinski definition) is 4. The van der Waals surface area contributed by atoms with Gasteiger partial charge in [0.25, 0.3) is 5.56 Å². The van der Waals surface area contributed by atoms with Gasteiger partial charge in [0.2, 0.25) is 0 Å². The summed E-state index contributed by atoms with van der Waals surface area (Å²) in [6.07, 6.45) is 0. The molecule has 1 aromatic heterocycles. The topological polar surface area (TPSA) is 104 Å². The van der Waals surface area contributed by atoms with E-state index in [9.17, 15) is 9.59 Å². The second kappa shape index (κ2) is 16.2. The molecule has 0 unspecified atom stereocenters. The summed E-state index contributed by atoms with van der Waals surface area (Å²) in [5.74, 6) is -0.260. The fraction of sp³-hybridized carbons (Fsp3) is 0.273. The number of carbonyl (C=O) groups is 1. The number of nitrogens with zero attached hydrogens (tertiary/aromatic N) is 2. The maximum absolute atomic E-state index is 12.5. The quantitative estimate of drug-likeness (QED) is 0.330. The number of aromatic nitrogens is 2. The Morgan fingerprint density at radius 1 is 1.00 bits per heavy atom. The molecule has 0 aliphatic rings. The van der Waals surface area contributed by atoms with Gasteiger partial charge in [0.15, 0.2) is 5.78 Å². The SMILES string of the molecule is CNCCN(C)C.Cc1[nH]n(-c2ccccc2)c(=O)c1C(=O)c1ccccc1.[Ag].[Ag].[NH2-]. The number of ketones is 1. The minimum Gasteiger partial charge on any atom is -0.693 e. The van der Waals surface area contributed by atoms with Gasteiger partial charge in [-0.15, -0.1) is 0 Å². The molecule has 31 heavy (non-hydrogen) atoms. The smallest absolute Gasteiger partial charge is 0.282 e. The van der Waals surface area contributed by atoms with Crippen LogP contribution in [0.5, 0.6) is 0 Å². The van der Waals surface area contributed by atoms with E-state index in [1.54, 1.807) is 31.2 Å². The molecular formula is C22H30Ag2N5O2-. The number of rotatable bonds is 6. The van der Waals surface area contributed by atoms with E-state index in [0.717, 1.165) is 13.1 Å². The first kappa shape index (κ1) is 31.7. The van der Waals surface area contributed by atoms with Crippen LogP contribution in [-0.4, -0.2) is 54.7 Å². The molecule has 1 heterocycles. The molecule has 9 heteroatoms. The van der Waals surface area contributed by atoms with Crippen molar-refractivity contribution in [1.29, 1.82) is 0 Å². The summed E-state index contributed by atoms with van der Waals surface area (Å²) in [6.45, 7) is 3.93. The maximum atomic E-state index is 12.5. The summed E-state index contributed by atoms with van der Waals surface area (Å²) < 4.78 is 1.39. The van der Waals surface area contributed by atoms with Gasteiger partial charge in [0, 0.05) is 69.1 Å². The van der Waals surface area contributed by atoms with Crippen molar-refractivity contribution in [2.75, 3.05) is 34.2 Å². The number of nitrogens with two attached hydrogens (primary N) is 1. The summed E-state index contributed by atoms with van der Waals surface area (Å²) in [7, 11) is 6.10. The first-order valence-electron chi connectivity index (χ1n) is 9.21. The van der Waals surface area contributed by atoms with Crippen LogP contribution >= 0.6 is 0 Å². The summed E-state index contributed by atoms with van der Waals surface area (Å²) in [6, 6.07) is 18.0. The first-order chi connectivity index (χ1) is 13.5. The van der Waals surface area contributed by atoms with Crippen LogP contribution in [-0.2, 0) is 44.8 Å². The number of H-pyrrole nitrogens is 1. The van der Waals surface area contributed by atoms with Gasteiger partial charge in [-0.05, 0) is 40.2 Å². The van der Waals surface area contributed by atoms with Crippen LogP contribution in [0.2, 0.25) is 0 Å². The Labute approximate surface area is 215 Å². The van der Waals surface area contributed by atoms with Crippen LogP contribution in [0, 0.1) is 6.92 Å². The van der Waals surface area contributed by atoms with E-state index >= 15 is 0 Å². The molecule has 0 amide bonds. The number of benzene rings is 2. The van der Waals surface area contributed by atoms with Gasteiger partial charge in [0.05, 0.1) is 5.69 Å². The largest absolute Gasteiger partial charge is 0.693 e. The van der Waals surface area contributed by atoms with Gasteiger partial charge in [-0.2, -0.15) is 0 Å². The molecule has 2 radical (unpaired) electrons. The molecule has 0 saturated carbocycles. The molecule has 3 aromatic rings. The predicted octanol–water partition coefficient (Wildman–Crippen LogP) is 3.18. The monoisotopic (exact) mass is 610 g/mol. The third-order valence-electron chi connectivity index (χ3n) is 4.16. The standard InChI is InChI=1S/C17H14N2O2.C5H14N2.2Ag.H2N/c1-12-15(16(20)13-8-4-2-5-9-13)17(21)19(18-12)14-10-6-3-7-11-14;1-6-4-5-7(2)3;;;/h2-11,18H,1H3;6H,4-5H2,1-3H3;;;1H2/q;;;;-1. The van der Waals surface area contributed by atoms with Crippen molar-refractivity contribution < 1.29 is 49.6 Å². The van der Waals surface area contributed by atoms with Crippen molar-refractivity contribution in [3.8, 4) is 5.69 Å². The summed E-state index contributed by atoms with van der Waals surface area (Å²) in [5, 5.41) is 6.02. The van der Waals surface area contributed by atoms with Crippen molar-refractivity contribution in [2.24, 2.45) is 0 Å². The van der Waals surface area contributed by atoms with E-state index in [2.05, 4.69) is 29.4 Å². The minimum atomic E-state index is -0.326. The Hall–Kier alpha value is -1.52. The van der Waals surface area contributed by atoms with Gasteiger partial charge in [-0.1, -0.05) is 48.5 Å². The maximum Gasteiger partial charge on any atom is 0.282 e. The van der Waals surface area contributed by atoms with Gasteiger partial charge >= 0.3 is 0 Å². The van der Waals surface area contributed by atoms with Crippen LogP contribution in [0.15, 0.2) is 65.5 Å². The Morgan fingerprint density at radius 3 is 1.97 bits per heavy atom. The average Bonchev–Trinajstić information content (AvgIpc) is 3.01. The molecule has 0 aliphatic carbocycles. The molecule has 0 bridgehead atoms. The number of para-hydroxylation sites is 1. The minimum absolute atomic E-state index is 0. The molecule has 0 spiro atoms. The van der Waals surface area contributed by atoms with Gasteiger partial charge in [0.1, 0.15) is 5.56 Å². The third kappa shape index (κ3) is 9.24. The fourth-order valence-electron chi connectivity index (χ4n) is 2.64. The zero-order valence-electron chi connectivity index (χ0n) is 18.1. The van der Waals surface area contributed by atoms with Crippen LogP contribution in [0.1, 0.15) is 21.6 Å². The van der Waals surface area contributed by atoms with E-state index in [-0.39, 0.29) is 67.8 Å². The molecule has 2 aromatic carbocycles. The Bertz CT molecular complexity index is 942. The zero-order chi connectivity index (χ0) is 20.5. The number of aromatic amines is 1. The van der Waals surface area contributed by atoms with Crippen LogP contribution in [0.4, 0.5) is 0 Å². The number of carbonyl (C=O) groups excluding carboxylic acids is 1. The van der Waals surface area contributed by atoms with Crippen molar-refractivity contribution in [1.82, 2.24) is 20.0 Å².